The Labute approximate surface area is 130 Å². The molecule has 2 atom stereocenters. The lowest BCUT2D eigenvalue weighted by atomic mass is 9.82. The van der Waals surface area contributed by atoms with Crippen molar-refractivity contribution in [1.82, 2.24) is 4.90 Å². The van der Waals surface area contributed by atoms with Crippen LogP contribution in [0.4, 0.5) is 0 Å². The van der Waals surface area contributed by atoms with E-state index in [2.05, 4.69) is 43.9 Å². The molecule has 0 spiro atoms. The monoisotopic (exact) mass is 289 g/mol. The second-order valence-electron chi connectivity index (χ2n) is 6.91. The number of carbonyl (C=O) groups excluding carboxylic acids is 1. The Balaban J connectivity index is 1.85. The second kappa shape index (κ2) is 7.82. The maximum absolute atomic E-state index is 12.3. The van der Waals surface area contributed by atoms with Gasteiger partial charge in [-0.1, -0.05) is 44.1 Å². The molecule has 0 aliphatic heterocycles. The van der Waals surface area contributed by atoms with Crippen molar-refractivity contribution < 1.29 is 4.79 Å². The molecule has 2 unspecified atom stereocenters. The van der Waals surface area contributed by atoms with Gasteiger partial charge in [-0.2, -0.15) is 0 Å². The molecule has 0 aromatic rings. The van der Waals surface area contributed by atoms with Gasteiger partial charge in [0.1, 0.15) is 0 Å². The van der Waals surface area contributed by atoms with Gasteiger partial charge in [0.25, 0.3) is 0 Å². The molecule has 2 heteroatoms. The van der Waals surface area contributed by atoms with Crippen LogP contribution in [0.3, 0.4) is 0 Å². The Kier molecular flexibility index (Phi) is 6.08. The van der Waals surface area contributed by atoms with E-state index >= 15 is 0 Å². The van der Waals surface area contributed by atoms with Gasteiger partial charge < -0.3 is 4.90 Å². The normalized spacial score (nSPS) is 26.0. The Bertz CT molecular complexity index is 406. The lowest BCUT2D eigenvalue weighted by molar-refractivity contribution is -0.132. The van der Waals surface area contributed by atoms with Crippen molar-refractivity contribution >= 4 is 5.91 Å². The minimum atomic E-state index is 0.342. The van der Waals surface area contributed by atoms with E-state index in [1.165, 1.54) is 18.4 Å². The first kappa shape index (κ1) is 16.3. The summed E-state index contributed by atoms with van der Waals surface area (Å²) in [6.45, 7) is 8.46. The van der Waals surface area contributed by atoms with Crippen LogP contribution < -0.4 is 0 Å². The van der Waals surface area contributed by atoms with E-state index in [0.29, 0.717) is 23.7 Å². The number of nitrogens with zero attached hydrogens (tertiary/aromatic N) is 1. The lowest BCUT2D eigenvalue weighted by Crippen LogP contribution is -2.33. The van der Waals surface area contributed by atoms with Crippen LogP contribution in [-0.4, -0.2) is 23.9 Å². The van der Waals surface area contributed by atoms with Crippen LogP contribution in [-0.2, 0) is 4.79 Å². The van der Waals surface area contributed by atoms with E-state index in [-0.39, 0.29) is 0 Å². The van der Waals surface area contributed by atoms with Crippen LogP contribution in [0, 0.1) is 17.8 Å². The molecule has 0 bridgehead atoms. The van der Waals surface area contributed by atoms with Crippen molar-refractivity contribution in [2.24, 2.45) is 17.8 Å². The van der Waals surface area contributed by atoms with Gasteiger partial charge in [0.2, 0.25) is 5.91 Å². The molecule has 2 rings (SSSR count). The zero-order valence-corrected chi connectivity index (χ0v) is 14.0. The summed E-state index contributed by atoms with van der Waals surface area (Å²) in [4.78, 5) is 14.4. The molecule has 1 saturated carbocycles. The van der Waals surface area contributed by atoms with E-state index in [9.17, 15) is 4.79 Å². The first-order chi connectivity index (χ1) is 10.1. The van der Waals surface area contributed by atoms with E-state index < -0.39 is 0 Å². The average molecular weight is 289 g/mol. The SMILES string of the molecule is CCCCN(C/C=C/C1CCC(C)=CC1C)C(=O)C1CC1. The van der Waals surface area contributed by atoms with Crippen LogP contribution in [0.2, 0.25) is 0 Å². The Hall–Kier alpha value is -1.05. The molecular weight excluding hydrogens is 258 g/mol. The highest BCUT2D eigenvalue weighted by atomic mass is 16.2. The van der Waals surface area contributed by atoms with Crippen LogP contribution in [0.5, 0.6) is 0 Å². The van der Waals surface area contributed by atoms with Gasteiger partial charge in [-0.15, -0.1) is 0 Å². The van der Waals surface area contributed by atoms with Crippen LogP contribution in [0.1, 0.15) is 59.3 Å². The maximum atomic E-state index is 12.3. The fourth-order valence-electron chi connectivity index (χ4n) is 3.18. The summed E-state index contributed by atoms with van der Waals surface area (Å²) in [6, 6.07) is 0. The Morgan fingerprint density at radius 2 is 2.14 bits per heavy atom. The van der Waals surface area contributed by atoms with Gasteiger partial charge in [0.15, 0.2) is 0 Å². The molecular formula is C19H31NO. The minimum Gasteiger partial charge on any atom is -0.339 e. The summed E-state index contributed by atoms with van der Waals surface area (Å²) < 4.78 is 0. The molecule has 0 radical (unpaired) electrons. The summed E-state index contributed by atoms with van der Waals surface area (Å²) >= 11 is 0. The van der Waals surface area contributed by atoms with E-state index in [0.717, 1.165) is 38.8 Å². The average Bonchev–Trinajstić information content (AvgIpc) is 3.28. The van der Waals surface area contributed by atoms with Crippen LogP contribution in [0.25, 0.3) is 0 Å². The third-order valence-corrected chi connectivity index (χ3v) is 4.82. The maximum Gasteiger partial charge on any atom is 0.225 e. The van der Waals surface area contributed by atoms with Crippen molar-refractivity contribution in [1.29, 1.82) is 0 Å². The van der Waals surface area contributed by atoms with Gasteiger partial charge in [-0.25, -0.2) is 0 Å². The highest BCUT2D eigenvalue weighted by Gasteiger charge is 2.32. The summed E-state index contributed by atoms with van der Waals surface area (Å²) in [5.41, 5.74) is 1.53. The zero-order valence-electron chi connectivity index (χ0n) is 14.0. The fourth-order valence-corrected chi connectivity index (χ4v) is 3.18. The van der Waals surface area contributed by atoms with Crippen LogP contribution in [0.15, 0.2) is 23.8 Å². The van der Waals surface area contributed by atoms with Crippen molar-refractivity contribution in [3.8, 4) is 0 Å². The molecule has 0 saturated heterocycles. The van der Waals surface area contributed by atoms with Crippen molar-refractivity contribution in [3.63, 3.8) is 0 Å². The third kappa shape index (κ3) is 5.01. The summed E-state index contributed by atoms with van der Waals surface area (Å²) in [6.07, 6.45) is 14.0. The zero-order chi connectivity index (χ0) is 15.2. The molecule has 1 fully saturated rings. The molecule has 1 amide bonds. The topological polar surface area (TPSA) is 20.3 Å². The number of unbranched alkanes of at least 4 members (excludes halogenated alkanes) is 1. The molecule has 2 aliphatic rings. The number of carbonyl (C=O) groups is 1. The fraction of sp³-hybridized carbons (Fsp3) is 0.737. The van der Waals surface area contributed by atoms with Crippen molar-refractivity contribution in [2.75, 3.05) is 13.1 Å². The molecule has 21 heavy (non-hydrogen) atoms. The quantitative estimate of drug-likeness (QED) is 0.628. The molecule has 118 valence electrons. The Morgan fingerprint density at radius 3 is 2.76 bits per heavy atom. The molecule has 2 nitrogen and oxygen atoms in total. The van der Waals surface area contributed by atoms with E-state index in [1.807, 2.05) is 0 Å². The highest BCUT2D eigenvalue weighted by molar-refractivity contribution is 5.81. The third-order valence-electron chi connectivity index (χ3n) is 4.82. The molecule has 2 aliphatic carbocycles. The van der Waals surface area contributed by atoms with Gasteiger partial charge >= 0.3 is 0 Å². The molecule has 0 N–H and O–H groups in total. The largest absolute Gasteiger partial charge is 0.339 e. The van der Waals surface area contributed by atoms with E-state index in [4.69, 9.17) is 0 Å². The van der Waals surface area contributed by atoms with Crippen LogP contribution >= 0.6 is 0 Å². The van der Waals surface area contributed by atoms with Crippen molar-refractivity contribution in [3.05, 3.63) is 23.8 Å². The summed E-state index contributed by atoms with van der Waals surface area (Å²) in [5, 5.41) is 0. The van der Waals surface area contributed by atoms with E-state index in [1.54, 1.807) is 0 Å². The minimum absolute atomic E-state index is 0.342. The summed E-state index contributed by atoms with van der Waals surface area (Å²) in [7, 11) is 0. The first-order valence-electron chi connectivity index (χ1n) is 8.74. The number of hydrogen-bond acceptors (Lipinski definition) is 1. The number of amides is 1. The number of rotatable bonds is 7. The highest BCUT2D eigenvalue weighted by Crippen LogP contribution is 2.31. The van der Waals surface area contributed by atoms with Gasteiger partial charge in [-0.3, -0.25) is 4.79 Å². The molecule has 0 aromatic heterocycles. The van der Waals surface area contributed by atoms with Gasteiger partial charge in [0, 0.05) is 19.0 Å². The molecule has 0 heterocycles. The summed E-state index contributed by atoms with van der Waals surface area (Å²) in [5.74, 6) is 2.02. The number of hydrogen-bond donors (Lipinski definition) is 0. The van der Waals surface area contributed by atoms with Gasteiger partial charge in [-0.05, 0) is 50.9 Å². The predicted octanol–water partition coefficient (Wildman–Crippen LogP) is 4.57. The van der Waals surface area contributed by atoms with Crippen molar-refractivity contribution in [2.45, 2.75) is 59.3 Å². The second-order valence-corrected chi connectivity index (χ2v) is 6.91. The number of allylic oxidation sites excluding steroid dienone is 3. The standard InChI is InChI=1S/C19H31NO/c1-4-5-12-20(19(21)18-10-11-18)13-6-7-17-9-8-15(2)14-16(17)3/h6-7,14,16-18H,4-5,8-13H2,1-3H3/b7-6+. The smallest absolute Gasteiger partial charge is 0.225 e. The Morgan fingerprint density at radius 1 is 1.38 bits per heavy atom. The molecule has 0 aromatic carbocycles. The predicted molar refractivity (Wildman–Crippen MR) is 89.0 cm³/mol. The lowest BCUT2D eigenvalue weighted by Gasteiger charge is -2.25. The first-order valence-corrected chi connectivity index (χ1v) is 8.74. The van der Waals surface area contributed by atoms with Gasteiger partial charge in [0.05, 0.1) is 0 Å².